The number of nitrogens with zero attached hydrogens (tertiary/aromatic N) is 1. The van der Waals surface area contributed by atoms with Crippen molar-refractivity contribution in [1.29, 1.82) is 0 Å². The molecule has 14 heavy (non-hydrogen) atoms. The van der Waals surface area contributed by atoms with Crippen LogP contribution in [0.15, 0.2) is 17.5 Å². The number of hydrogen-bond acceptors (Lipinski definition) is 2. The molecule has 3 heteroatoms. The average molecular weight is 276 g/mol. The van der Waals surface area contributed by atoms with E-state index in [1.54, 1.807) is 0 Å². The first-order chi connectivity index (χ1) is 6.86. The number of rotatable bonds is 7. The zero-order chi connectivity index (χ0) is 10.2. The van der Waals surface area contributed by atoms with Crippen molar-refractivity contribution in [2.75, 3.05) is 25.0 Å². The smallest absolute Gasteiger partial charge is 0.0159 e. The van der Waals surface area contributed by atoms with E-state index in [0.29, 0.717) is 0 Å². The maximum atomic E-state index is 3.50. The Morgan fingerprint density at radius 1 is 1.36 bits per heavy atom. The first-order valence-electron chi connectivity index (χ1n) is 5.17. The van der Waals surface area contributed by atoms with Gasteiger partial charge in [0, 0.05) is 23.3 Å². The van der Waals surface area contributed by atoms with E-state index in [-0.39, 0.29) is 0 Å². The summed E-state index contributed by atoms with van der Waals surface area (Å²) in [6, 6.07) is 4.36. The van der Waals surface area contributed by atoms with Crippen LogP contribution in [0.25, 0.3) is 0 Å². The normalized spacial score (nSPS) is 11.1. The van der Waals surface area contributed by atoms with Gasteiger partial charge in [-0.05, 0) is 30.8 Å². The third-order valence-electron chi connectivity index (χ3n) is 2.20. The highest BCUT2D eigenvalue weighted by atomic mass is 79.9. The third kappa shape index (κ3) is 4.58. The van der Waals surface area contributed by atoms with Crippen LogP contribution in [-0.2, 0) is 6.42 Å². The molecule has 1 aromatic rings. The van der Waals surface area contributed by atoms with Gasteiger partial charge in [-0.3, -0.25) is 0 Å². The lowest BCUT2D eigenvalue weighted by molar-refractivity contribution is 0.296. The molecule has 0 aromatic carbocycles. The van der Waals surface area contributed by atoms with Gasteiger partial charge in [0.1, 0.15) is 0 Å². The molecule has 0 aliphatic heterocycles. The van der Waals surface area contributed by atoms with Crippen molar-refractivity contribution in [2.24, 2.45) is 0 Å². The lowest BCUT2D eigenvalue weighted by atomic mass is 10.3. The molecule has 0 radical (unpaired) electrons. The molecule has 0 unspecified atom stereocenters. The molecule has 0 atom stereocenters. The van der Waals surface area contributed by atoms with Crippen molar-refractivity contribution in [3.8, 4) is 0 Å². The van der Waals surface area contributed by atoms with E-state index < -0.39 is 0 Å². The topological polar surface area (TPSA) is 3.24 Å². The summed E-state index contributed by atoms with van der Waals surface area (Å²) in [4.78, 5) is 4.02. The first-order valence-corrected chi connectivity index (χ1v) is 7.17. The molecule has 1 nitrogen and oxygen atoms in total. The SMILES string of the molecule is CCCN(CCBr)CCc1cccs1. The van der Waals surface area contributed by atoms with Crippen LogP contribution < -0.4 is 0 Å². The molecule has 0 aliphatic rings. The Morgan fingerprint density at radius 3 is 2.79 bits per heavy atom. The Bertz CT molecular complexity index is 217. The Labute approximate surface area is 99.3 Å². The molecule has 80 valence electrons. The van der Waals surface area contributed by atoms with Crippen molar-refractivity contribution >= 4 is 27.3 Å². The summed E-state index contributed by atoms with van der Waals surface area (Å²) in [5.41, 5.74) is 0. The molecular weight excluding hydrogens is 258 g/mol. The monoisotopic (exact) mass is 275 g/mol. The van der Waals surface area contributed by atoms with Crippen LogP contribution in [0.5, 0.6) is 0 Å². The maximum Gasteiger partial charge on any atom is 0.0159 e. The Balaban J connectivity index is 2.25. The van der Waals surface area contributed by atoms with Gasteiger partial charge in [-0.15, -0.1) is 11.3 Å². The number of hydrogen-bond donors (Lipinski definition) is 0. The van der Waals surface area contributed by atoms with Crippen LogP contribution >= 0.6 is 27.3 Å². The predicted octanol–water partition coefficient (Wildman–Crippen LogP) is 3.40. The van der Waals surface area contributed by atoms with E-state index in [9.17, 15) is 0 Å². The molecule has 0 bridgehead atoms. The van der Waals surface area contributed by atoms with Crippen LogP contribution in [0, 0.1) is 0 Å². The summed E-state index contributed by atoms with van der Waals surface area (Å²) >= 11 is 5.36. The van der Waals surface area contributed by atoms with Gasteiger partial charge in [0.15, 0.2) is 0 Å². The van der Waals surface area contributed by atoms with Crippen molar-refractivity contribution in [3.05, 3.63) is 22.4 Å². The molecule has 1 rings (SSSR count). The minimum Gasteiger partial charge on any atom is -0.302 e. The fraction of sp³-hybridized carbons (Fsp3) is 0.636. The van der Waals surface area contributed by atoms with Gasteiger partial charge in [0.2, 0.25) is 0 Å². The second-order valence-corrected chi connectivity index (χ2v) is 5.19. The number of alkyl halides is 1. The Hall–Kier alpha value is 0.140. The van der Waals surface area contributed by atoms with Gasteiger partial charge >= 0.3 is 0 Å². The summed E-state index contributed by atoms with van der Waals surface area (Å²) in [6.45, 7) is 5.82. The molecule has 1 aromatic heterocycles. The zero-order valence-electron chi connectivity index (χ0n) is 8.71. The van der Waals surface area contributed by atoms with E-state index >= 15 is 0 Å². The summed E-state index contributed by atoms with van der Waals surface area (Å²) in [5, 5.41) is 3.24. The van der Waals surface area contributed by atoms with Gasteiger partial charge in [0.05, 0.1) is 0 Å². The summed E-state index contributed by atoms with van der Waals surface area (Å²) in [6.07, 6.45) is 2.45. The molecule has 0 amide bonds. The van der Waals surface area contributed by atoms with E-state index in [1.165, 1.54) is 37.4 Å². The van der Waals surface area contributed by atoms with Gasteiger partial charge in [0.25, 0.3) is 0 Å². The highest BCUT2D eigenvalue weighted by Crippen LogP contribution is 2.09. The van der Waals surface area contributed by atoms with E-state index in [1.807, 2.05) is 11.3 Å². The fourth-order valence-electron chi connectivity index (χ4n) is 1.49. The summed E-state index contributed by atoms with van der Waals surface area (Å²) in [7, 11) is 0. The third-order valence-corrected chi connectivity index (χ3v) is 3.49. The van der Waals surface area contributed by atoms with Crippen LogP contribution in [0.4, 0.5) is 0 Å². The van der Waals surface area contributed by atoms with E-state index in [4.69, 9.17) is 0 Å². The van der Waals surface area contributed by atoms with Gasteiger partial charge in [-0.25, -0.2) is 0 Å². The second-order valence-electron chi connectivity index (χ2n) is 3.36. The molecule has 0 spiro atoms. The number of halogens is 1. The predicted molar refractivity (Wildman–Crippen MR) is 68.5 cm³/mol. The molecule has 0 aliphatic carbocycles. The maximum absolute atomic E-state index is 3.50. The Morgan fingerprint density at radius 2 is 2.21 bits per heavy atom. The molecule has 0 fully saturated rings. The van der Waals surface area contributed by atoms with Crippen molar-refractivity contribution in [2.45, 2.75) is 19.8 Å². The van der Waals surface area contributed by atoms with Gasteiger partial charge in [-0.1, -0.05) is 28.9 Å². The quantitative estimate of drug-likeness (QED) is 0.690. The van der Waals surface area contributed by atoms with Crippen molar-refractivity contribution < 1.29 is 0 Å². The lowest BCUT2D eigenvalue weighted by Gasteiger charge is -2.19. The summed E-state index contributed by atoms with van der Waals surface area (Å²) in [5.74, 6) is 0. The first kappa shape index (κ1) is 12.2. The van der Waals surface area contributed by atoms with Crippen LogP contribution in [0.1, 0.15) is 18.2 Å². The number of thiophene rings is 1. The van der Waals surface area contributed by atoms with Crippen molar-refractivity contribution in [1.82, 2.24) is 4.90 Å². The standard InChI is InChI=1S/C11H18BrNS/c1-2-7-13(9-6-12)8-5-11-4-3-10-14-11/h3-4,10H,2,5-9H2,1H3. The van der Waals surface area contributed by atoms with Gasteiger partial charge < -0.3 is 4.90 Å². The van der Waals surface area contributed by atoms with Crippen LogP contribution in [0.3, 0.4) is 0 Å². The molecule has 0 saturated heterocycles. The highest BCUT2D eigenvalue weighted by molar-refractivity contribution is 9.09. The van der Waals surface area contributed by atoms with Crippen LogP contribution in [0.2, 0.25) is 0 Å². The van der Waals surface area contributed by atoms with E-state index in [2.05, 4.69) is 45.3 Å². The van der Waals surface area contributed by atoms with Gasteiger partial charge in [-0.2, -0.15) is 0 Å². The Kier molecular flexibility index (Phi) is 6.48. The largest absolute Gasteiger partial charge is 0.302 e. The second kappa shape index (κ2) is 7.43. The molecular formula is C11H18BrNS. The zero-order valence-corrected chi connectivity index (χ0v) is 11.1. The lowest BCUT2D eigenvalue weighted by Crippen LogP contribution is -2.28. The average Bonchev–Trinajstić information content (AvgIpc) is 2.67. The molecule has 1 heterocycles. The van der Waals surface area contributed by atoms with E-state index in [0.717, 1.165) is 5.33 Å². The summed E-state index contributed by atoms with van der Waals surface area (Å²) < 4.78 is 0. The minimum atomic E-state index is 1.08. The highest BCUT2D eigenvalue weighted by Gasteiger charge is 2.03. The minimum absolute atomic E-state index is 1.08. The molecule has 0 N–H and O–H groups in total. The van der Waals surface area contributed by atoms with Crippen LogP contribution in [-0.4, -0.2) is 29.9 Å². The molecule has 0 saturated carbocycles. The van der Waals surface area contributed by atoms with Crippen molar-refractivity contribution in [3.63, 3.8) is 0 Å². The fourth-order valence-corrected chi connectivity index (χ4v) is 2.69.